The number of halogens is 3. The Morgan fingerprint density at radius 2 is 1.73 bits per heavy atom. The average molecular weight is 328 g/mol. The molecule has 1 saturated heterocycles. The molecule has 1 aliphatic heterocycles. The summed E-state index contributed by atoms with van der Waals surface area (Å²) in [6, 6.07) is 0.259. The van der Waals surface area contributed by atoms with Gasteiger partial charge in [0.2, 0.25) is 0 Å². The molecule has 9 heteroatoms. The van der Waals surface area contributed by atoms with Gasteiger partial charge in [-0.1, -0.05) is 0 Å². The van der Waals surface area contributed by atoms with Crippen molar-refractivity contribution in [3.05, 3.63) is 0 Å². The van der Waals surface area contributed by atoms with Gasteiger partial charge in [0, 0.05) is 6.04 Å². The fourth-order valence-corrected chi connectivity index (χ4v) is 1.64. The Labute approximate surface area is 127 Å². The Kier molecular flexibility index (Phi) is 8.21. The summed E-state index contributed by atoms with van der Waals surface area (Å²) in [5.74, 6) is -2.76. The zero-order valence-electron chi connectivity index (χ0n) is 12.9. The number of ether oxygens (including phenoxy) is 1. The first-order valence-corrected chi connectivity index (χ1v) is 6.92. The molecule has 1 heterocycles. The third kappa shape index (κ3) is 11.2. The highest BCUT2D eigenvalue weighted by molar-refractivity contribution is 5.73. The van der Waals surface area contributed by atoms with Gasteiger partial charge in [0.15, 0.2) is 0 Å². The molecule has 1 aliphatic rings. The Morgan fingerprint density at radius 1 is 1.18 bits per heavy atom. The van der Waals surface area contributed by atoms with Crippen LogP contribution < -0.4 is 10.6 Å². The number of carbonyl (C=O) groups excluding carboxylic acids is 1. The minimum absolute atomic E-state index is 0.259. The van der Waals surface area contributed by atoms with Crippen LogP contribution in [0.15, 0.2) is 0 Å². The topological polar surface area (TPSA) is 87.7 Å². The number of amides is 1. The lowest BCUT2D eigenvalue weighted by Crippen LogP contribution is -2.39. The van der Waals surface area contributed by atoms with Gasteiger partial charge >= 0.3 is 18.2 Å². The van der Waals surface area contributed by atoms with E-state index in [0.717, 1.165) is 32.4 Å². The molecule has 1 rings (SSSR count). The first-order chi connectivity index (χ1) is 9.92. The number of alkyl carbamates (subject to hydrolysis) is 1. The number of carbonyl (C=O) groups is 2. The monoisotopic (exact) mass is 328 g/mol. The van der Waals surface area contributed by atoms with Gasteiger partial charge in [-0.15, -0.1) is 0 Å². The molecule has 22 heavy (non-hydrogen) atoms. The molecular formula is C13H23F3N2O4. The molecule has 1 amide bonds. The second-order valence-corrected chi connectivity index (χ2v) is 5.83. The molecule has 0 saturated carbocycles. The lowest BCUT2D eigenvalue weighted by Gasteiger charge is -2.22. The van der Waals surface area contributed by atoms with Crippen molar-refractivity contribution in [3.8, 4) is 0 Å². The predicted molar refractivity (Wildman–Crippen MR) is 73.6 cm³/mol. The molecule has 0 bridgehead atoms. The number of alkyl halides is 3. The molecule has 1 unspecified atom stereocenters. The van der Waals surface area contributed by atoms with E-state index in [4.69, 9.17) is 14.6 Å². The number of carboxylic acids is 1. The van der Waals surface area contributed by atoms with Crippen molar-refractivity contribution >= 4 is 12.1 Å². The summed E-state index contributed by atoms with van der Waals surface area (Å²) >= 11 is 0. The Balaban J connectivity index is 0.000000534. The van der Waals surface area contributed by atoms with E-state index in [1.165, 1.54) is 0 Å². The normalized spacial score (nSPS) is 19.3. The third-order valence-electron chi connectivity index (χ3n) is 2.54. The zero-order chi connectivity index (χ0) is 17.4. The van der Waals surface area contributed by atoms with Crippen LogP contribution in [0.2, 0.25) is 0 Å². The Bertz CT molecular complexity index is 359. The van der Waals surface area contributed by atoms with Crippen molar-refractivity contribution in [2.45, 2.75) is 57.9 Å². The number of aliphatic carboxylic acids is 1. The van der Waals surface area contributed by atoms with Crippen LogP contribution in [-0.2, 0) is 9.53 Å². The maximum atomic E-state index is 11.5. The maximum absolute atomic E-state index is 11.5. The van der Waals surface area contributed by atoms with Crippen LogP contribution in [0.25, 0.3) is 0 Å². The third-order valence-corrected chi connectivity index (χ3v) is 2.54. The summed E-state index contributed by atoms with van der Waals surface area (Å²) in [6.07, 6.45) is -2.25. The van der Waals surface area contributed by atoms with Gasteiger partial charge in [0.25, 0.3) is 0 Å². The molecule has 0 aromatic rings. The lowest BCUT2D eigenvalue weighted by molar-refractivity contribution is -0.192. The minimum atomic E-state index is -5.08. The van der Waals surface area contributed by atoms with Crippen molar-refractivity contribution in [1.29, 1.82) is 0 Å². The van der Waals surface area contributed by atoms with Crippen molar-refractivity contribution in [1.82, 2.24) is 10.6 Å². The fraction of sp³-hybridized carbons (Fsp3) is 0.846. The predicted octanol–water partition coefficient (Wildman–Crippen LogP) is 2.29. The van der Waals surface area contributed by atoms with Gasteiger partial charge < -0.3 is 20.5 Å². The van der Waals surface area contributed by atoms with E-state index in [-0.39, 0.29) is 12.1 Å². The quantitative estimate of drug-likeness (QED) is 0.687. The largest absolute Gasteiger partial charge is 0.490 e. The first kappa shape index (κ1) is 20.5. The van der Waals surface area contributed by atoms with Crippen molar-refractivity contribution in [3.63, 3.8) is 0 Å². The van der Waals surface area contributed by atoms with E-state index in [1.807, 2.05) is 20.8 Å². The summed E-state index contributed by atoms with van der Waals surface area (Å²) in [4.78, 5) is 20.4. The van der Waals surface area contributed by atoms with Gasteiger partial charge in [-0.05, 0) is 53.1 Å². The van der Waals surface area contributed by atoms with Crippen LogP contribution >= 0.6 is 0 Å². The SMILES string of the molecule is CC(C)(C)OC(=O)NC1CCCNCC1.O=C(O)C(F)(F)F. The zero-order valence-corrected chi connectivity index (χ0v) is 12.9. The smallest absolute Gasteiger partial charge is 0.475 e. The van der Waals surface area contributed by atoms with Crippen LogP contribution in [-0.4, -0.2) is 48.1 Å². The van der Waals surface area contributed by atoms with Gasteiger partial charge in [-0.25, -0.2) is 9.59 Å². The molecule has 0 spiro atoms. The van der Waals surface area contributed by atoms with Crippen LogP contribution in [0.1, 0.15) is 40.0 Å². The van der Waals surface area contributed by atoms with Gasteiger partial charge in [-0.3, -0.25) is 0 Å². The van der Waals surface area contributed by atoms with Crippen LogP contribution in [0.4, 0.5) is 18.0 Å². The molecule has 3 N–H and O–H groups in total. The van der Waals surface area contributed by atoms with E-state index < -0.39 is 17.7 Å². The first-order valence-electron chi connectivity index (χ1n) is 6.92. The maximum Gasteiger partial charge on any atom is 0.490 e. The lowest BCUT2D eigenvalue weighted by atomic mass is 10.1. The van der Waals surface area contributed by atoms with E-state index in [0.29, 0.717) is 0 Å². The van der Waals surface area contributed by atoms with E-state index in [1.54, 1.807) is 0 Å². The number of rotatable bonds is 1. The summed E-state index contributed by atoms with van der Waals surface area (Å²) in [7, 11) is 0. The summed E-state index contributed by atoms with van der Waals surface area (Å²) < 4.78 is 36.9. The molecule has 6 nitrogen and oxygen atoms in total. The molecule has 0 radical (unpaired) electrons. The van der Waals surface area contributed by atoms with Crippen LogP contribution in [0.3, 0.4) is 0 Å². The van der Waals surface area contributed by atoms with E-state index >= 15 is 0 Å². The number of hydrogen-bond donors (Lipinski definition) is 3. The molecule has 0 aliphatic carbocycles. The van der Waals surface area contributed by atoms with Gasteiger partial charge in [0.1, 0.15) is 5.60 Å². The van der Waals surface area contributed by atoms with Crippen LogP contribution in [0.5, 0.6) is 0 Å². The molecule has 0 aromatic heterocycles. The molecule has 130 valence electrons. The molecule has 1 atom stereocenters. The summed E-state index contributed by atoms with van der Waals surface area (Å²) in [5.41, 5.74) is -0.410. The number of carboxylic acid groups (broad SMARTS) is 1. The number of hydrogen-bond acceptors (Lipinski definition) is 4. The molecular weight excluding hydrogens is 305 g/mol. The van der Waals surface area contributed by atoms with Crippen molar-refractivity contribution in [2.75, 3.05) is 13.1 Å². The minimum Gasteiger partial charge on any atom is -0.475 e. The standard InChI is InChI=1S/C11H22N2O2.C2HF3O2/c1-11(2,3)15-10(14)13-9-5-4-7-12-8-6-9;3-2(4,5)1(6)7/h9,12H,4-8H2,1-3H3,(H,13,14);(H,6,7). The second-order valence-electron chi connectivity index (χ2n) is 5.83. The highest BCUT2D eigenvalue weighted by Gasteiger charge is 2.38. The Morgan fingerprint density at radius 3 is 2.18 bits per heavy atom. The van der Waals surface area contributed by atoms with E-state index in [9.17, 15) is 18.0 Å². The Hall–Kier alpha value is -1.51. The van der Waals surface area contributed by atoms with Crippen molar-refractivity contribution < 1.29 is 32.6 Å². The van der Waals surface area contributed by atoms with Crippen molar-refractivity contribution in [2.24, 2.45) is 0 Å². The molecule has 1 fully saturated rings. The average Bonchev–Trinajstić information content (AvgIpc) is 2.54. The van der Waals surface area contributed by atoms with Gasteiger partial charge in [-0.2, -0.15) is 13.2 Å². The highest BCUT2D eigenvalue weighted by atomic mass is 19.4. The highest BCUT2D eigenvalue weighted by Crippen LogP contribution is 2.13. The second kappa shape index (κ2) is 8.82. The summed E-state index contributed by atoms with van der Waals surface area (Å²) in [5, 5.41) is 13.3. The van der Waals surface area contributed by atoms with Gasteiger partial charge in [0.05, 0.1) is 0 Å². The summed E-state index contributed by atoms with van der Waals surface area (Å²) in [6.45, 7) is 7.65. The fourth-order valence-electron chi connectivity index (χ4n) is 1.64. The van der Waals surface area contributed by atoms with E-state index in [2.05, 4.69) is 10.6 Å². The molecule has 0 aromatic carbocycles. The van der Waals surface area contributed by atoms with Crippen LogP contribution in [0, 0.1) is 0 Å². The number of nitrogens with one attached hydrogen (secondary N) is 2.